The first kappa shape index (κ1) is 26.0. The van der Waals surface area contributed by atoms with Crippen LogP contribution in [0.15, 0.2) is 18.2 Å². The predicted octanol–water partition coefficient (Wildman–Crippen LogP) is 6.68. The molecule has 1 aromatic rings. The van der Waals surface area contributed by atoms with Crippen molar-refractivity contribution >= 4 is 5.97 Å². The van der Waals surface area contributed by atoms with Gasteiger partial charge in [0.2, 0.25) is 0 Å². The van der Waals surface area contributed by atoms with Crippen molar-refractivity contribution in [3.05, 3.63) is 24.0 Å². The van der Waals surface area contributed by atoms with E-state index in [4.69, 9.17) is 18.9 Å². The van der Waals surface area contributed by atoms with Gasteiger partial charge in [-0.15, -0.1) is 0 Å². The summed E-state index contributed by atoms with van der Waals surface area (Å²) >= 11 is 0. The van der Waals surface area contributed by atoms with Gasteiger partial charge in [-0.1, -0.05) is 46.0 Å². The van der Waals surface area contributed by atoms with Gasteiger partial charge >= 0.3 is 5.97 Å². The Morgan fingerprint density at radius 1 is 1.00 bits per heavy atom. The van der Waals surface area contributed by atoms with Crippen LogP contribution in [0.25, 0.3) is 0 Å². The lowest BCUT2D eigenvalue weighted by Crippen LogP contribution is -2.39. The molecule has 1 aromatic carbocycles. The number of carbonyl (C=O) groups excluding carboxylic acids is 1. The maximum absolute atomic E-state index is 14.4. The van der Waals surface area contributed by atoms with Gasteiger partial charge in [-0.3, -0.25) is 4.79 Å². The number of hydrogen-bond acceptors (Lipinski definition) is 5. The van der Waals surface area contributed by atoms with Gasteiger partial charge in [0.15, 0.2) is 17.9 Å². The molecule has 0 amide bonds. The van der Waals surface area contributed by atoms with E-state index < -0.39 is 5.82 Å². The number of carbonyl (C=O) groups is 1. The highest BCUT2D eigenvalue weighted by atomic mass is 19.1. The van der Waals surface area contributed by atoms with E-state index in [0.29, 0.717) is 37.0 Å². The van der Waals surface area contributed by atoms with Gasteiger partial charge < -0.3 is 18.9 Å². The normalized spacial score (nSPS) is 25.5. The molecular formula is C27H41FO5. The molecule has 1 saturated heterocycles. The number of esters is 1. The molecule has 0 aromatic heterocycles. The molecule has 1 aliphatic heterocycles. The van der Waals surface area contributed by atoms with Gasteiger partial charge in [0, 0.05) is 17.9 Å². The molecule has 0 spiro atoms. The van der Waals surface area contributed by atoms with E-state index in [1.807, 2.05) is 0 Å². The first-order chi connectivity index (χ1) is 16.1. The Kier molecular flexibility index (Phi) is 10.9. The van der Waals surface area contributed by atoms with E-state index in [2.05, 4.69) is 13.8 Å². The molecule has 1 heterocycles. The second-order valence-electron chi connectivity index (χ2n) is 9.58. The highest BCUT2D eigenvalue weighted by Crippen LogP contribution is 2.35. The summed E-state index contributed by atoms with van der Waals surface area (Å²) in [7, 11) is 0. The van der Waals surface area contributed by atoms with Gasteiger partial charge in [0.1, 0.15) is 5.75 Å². The zero-order valence-corrected chi connectivity index (χ0v) is 20.4. The lowest BCUT2D eigenvalue weighted by molar-refractivity contribution is -0.230. The summed E-state index contributed by atoms with van der Waals surface area (Å²) < 4.78 is 37.4. The van der Waals surface area contributed by atoms with Crippen LogP contribution in [0.4, 0.5) is 4.39 Å². The molecule has 0 bridgehead atoms. The summed E-state index contributed by atoms with van der Waals surface area (Å²) in [6.45, 7) is 6.44. The monoisotopic (exact) mass is 464 g/mol. The first-order valence-corrected chi connectivity index (χ1v) is 13.0. The van der Waals surface area contributed by atoms with Gasteiger partial charge in [-0.05, 0) is 50.7 Å². The molecule has 1 aliphatic carbocycles. The van der Waals surface area contributed by atoms with Crippen LogP contribution >= 0.6 is 0 Å². The molecule has 0 N–H and O–H groups in total. The molecule has 6 heteroatoms. The van der Waals surface area contributed by atoms with Crippen LogP contribution in [0.3, 0.4) is 0 Å². The number of unbranched alkanes of at least 4 members (excludes halogenated alkanes) is 4. The maximum atomic E-state index is 14.4. The fraction of sp³-hybridized carbons (Fsp3) is 0.741. The quantitative estimate of drug-likeness (QED) is 0.196. The van der Waals surface area contributed by atoms with E-state index in [1.54, 1.807) is 6.07 Å². The summed E-state index contributed by atoms with van der Waals surface area (Å²) in [5, 5.41) is 0. The Labute approximate surface area is 198 Å². The molecule has 2 fully saturated rings. The molecule has 0 atom stereocenters. The molecule has 186 valence electrons. The highest BCUT2D eigenvalue weighted by Gasteiger charge is 2.35. The highest BCUT2D eigenvalue weighted by molar-refractivity contribution is 5.75. The number of rotatable bonds is 12. The van der Waals surface area contributed by atoms with Crippen molar-refractivity contribution in [2.45, 2.75) is 90.8 Å². The molecule has 5 nitrogen and oxygen atoms in total. The third kappa shape index (κ3) is 8.25. The Morgan fingerprint density at radius 2 is 1.70 bits per heavy atom. The van der Waals surface area contributed by atoms with E-state index in [1.165, 1.54) is 37.8 Å². The van der Waals surface area contributed by atoms with Crippen molar-refractivity contribution in [1.29, 1.82) is 0 Å². The second-order valence-corrected chi connectivity index (χ2v) is 9.58. The molecule has 1 saturated carbocycles. The van der Waals surface area contributed by atoms with Gasteiger partial charge in [-0.25, -0.2) is 4.39 Å². The second kappa shape index (κ2) is 13.9. The summed E-state index contributed by atoms with van der Waals surface area (Å²) in [4.78, 5) is 12.6. The minimum Gasteiger partial charge on any atom is -0.493 e. The number of ether oxygens (including phenoxy) is 4. The topological polar surface area (TPSA) is 54.0 Å². The maximum Gasteiger partial charge on any atom is 0.314 e. The van der Waals surface area contributed by atoms with Gasteiger partial charge in [-0.2, -0.15) is 0 Å². The third-order valence-corrected chi connectivity index (χ3v) is 6.83. The minimum absolute atomic E-state index is 0.0314. The van der Waals surface area contributed by atoms with Crippen LogP contribution in [-0.2, 0) is 14.3 Å². The van der Waals surface area contributed by atoms with E-state index >= 15 is 0 Å². The van der Waals surface area contributed by atoms with Crippen LogP contribution in [0, 0.1) is 23.6 Å². The summed E-state index contributed by atoms with van der Waals surface area (Å²) in [6, 6.07) is 4.43. The number of halogens is 1. The van der Waals surface area contributed by atoms with Crippen molar-refractivity contribution in [3.63, 3.8) is 0 Å². The Bertz CT molecular complexity index is 708. The SMILES string of the molecule is CCCCCOc1ccc(OC(=O)C2CCC(C3OCC(CCCCC)CO3)CC2)c(F)c1. The largest absolute Gasteiger partial charge is 0.493 e. The van der Waals surface area contributed by atoms with E-state index in [0.717, 1.165) is 45.3 Å². The average Bonchev–Trinajstić information content (AvgIpc) is 2.84. The molecule has 3 rings (SSSR count). The molecular weight excluding hydrogens is 423 g/mol. The van der Waals surface area contributed by atoms with Crippen LogP contribution in [-0.4, -0.2) is 32.1 Å². The first-order valence-electron chi connectivity index (χ1n) is 13.0. The zero-order chi connectivity index (χ0) is 23.5. The minimum atomic E-state index is -0.567. The van der Waals surface area contributed by atoms with Crippen molar-refractivity contribution in [3.8, 4) is 11.5 Å². The Balaban J connectivity index is 1.38. The summed E-state index contributed by atoms with van der Waals surface area (Å²) in [5.41, 5.74) is 0. The van der Waals surface area contributed by atoms with Crippen LogP contribution < -0.4 is 9.47 Å². The van der Waals surface area contributed by atoms with Crippen molar-refractivity contribution < 1.29 is 28.1 Å². The van der Waals surface area contributed by atoms with Crippen molar-refractivity contribution in [2.24, 2.45) is 17.8 Å². The number of hydrogen-bond donors (Lipinski definition) is 0. The molecule has 2 aliphatic rings. The van der Waals surface area contributed by atoms with Gasteiger partial charge in [0.25, 0.3) is 0 Å². The molecule has 0 unspecified atom stereocenters. The standard InChI is InChI=1S/C27H41FO5/c1-3-5-7-9-20-18-31-27(32-19-20)22-12-10-21(11-13-22)26(29)33-25-15-14-23(17-24(25)28)30-16-8-6-4-2/h14-15,17,20-22,27H,3-13,16,18-19H2,1-2H3. The number of benzene rings is 1. The van der Waals surface area contributed by atoms with E-state index in [-0.39, 0.29) is 23.9 Å². The average molecular weight is 465 g/mol. The Hall–Kier alpha value is -1.66. The van der Waals surface area contributed by atoms with Crippen molar-refractivity contribution in [1.82, 2.24) is 0 Å². The zero-order valence-electron chi connectivity index (χ0n) is 20.4. The fourth-order valence-corrected chi connectivity index (χ4v) is 4.69. The smallest absolute Gasteiger partial charge is 0.314 e. The lowest BCUT2D eigenvalue weighted by Gasteiger charge is -2.37. The van der Waals surface area contributed by atoms with Gasteiger partial charge in [0.05, 0.1) is 25.7 Å². The Morgan fingerprint density at radius 3 is 2.36 bits per heavy atom. The molecule has 33 heavy (non-hydrogen) atoms. The summed E-state index contributed by atoms with van der Waals surface area (Å²) in [5.74, 6) is 0.109. The lowest BCUT2D eigenvalue weighted by atomic mass is 9.81. The van der Waals surface area contributed by atoms with Crippen LogP contribution in [0.2, 0.25) is 0 Å². The molecule has 0 radical (unpaired) electrons. The predicted molar refractivity (Wildman–Crippen MR) is 126 cm³/mol. The fourth-order valence-electron chi connectivity index (χ4n) is 4.69. The third-order valence-electron chi connectivity index (χ3n) is 6.83. The van der Waals surface area contributed by atoms with E-state index in [9.17, 15) is 9.18 Å². The summed E-state index contributed by atoms with van der Waals surface area (Å²) in [6.07, 6.45) is 11.0. The van der Waals surface area contributed by atoms with Crippen LogP contribution in [0.5, 0.6) is 11.5 Å². The van der Waals surface area contributed by atoms with Crippen molar-refractivity contribution in [2.75, 3.05) is 19.8 Å². The van der Waals surface area contributed by atoms with Crippen LogP contribution in [0.1, 0.15) is 84.5 Å².